The van der Waals surface area contributed by atoms with Gasteiger partial charge in [-0.05, 0) is 57.0 Å². The van der Waals surface area contributed by atoms with E-state index in [9.17, 15) is 0 Å². The average Bonchev–Trinajstić information content (AvgIpc) is 2.47. The van der Waals surface area contributed by atoms with Crippen molar-refractivity contribution in [2.24, 2.45) is 0 Å². The second-order valence-corrected chi connectivity index (χ2v) is 5.70. The largest absolute Gasteiger partial charge is 0.348 e. The number of hydrogen-bond donors (Lipinski definition) is 1. The van der Waals surface area contributed by atoms with Crippen molar-refractivity contribution in [3.63, 3.8) is 0 Å². The molecule has 2 rings (SSSR count). The van der Waals surface area contributed by atoms with Crippen molar-refractivity contribution >= 4 is 17.6 Å². The number of aryl methyl sites for hydroxylation is 1. The van der Waals surface area contributed by atoms with Crippen molar-refractivity contribution in [2.45, 2.75) is 27.7 Å². The minimum Gasteiger partial charge on any atom is -0.348 e. The zero-order valence-corrected chi connectivity index (χ0v) is 14.5. The lowest BCUT2D eigenvalue weighted by molar-refractivity contribution is 0.562. The summed E-state index contributed by atoms with van der Waals surface area (Å²) < 4.78 is 0. The number of pyridine rings is 1. The van der Waals surface area contributed by atoms with E-state index in [2.05, 4.69) is 59.7 Å². The molecule has 23 heavy (non-hydrogen) atoms. The van der Waals surface area contributed by atoms with Crippen molar-refractivity contribution in [3.05, 3.63) is 71.7 Å². The molecule has 0 aromatic carbocycles. The Labute approximate surface area is 139 Å². The molecule has 3 nitrogen and oxygen atoms in total. The highest BCUT2D eigenvalue weighted by atomic mass is 15.1. The molecule has 120 valence electrons. The first kappa shape index (κ1) is 16.8. The first-order chi connectivity index (χ1) is 11.0. The van der Waals surface area contributed by atoms with Gasteiger partial charge in [0.15, 0.2) is 0 Å². The van der Waals surface area contributed by atoms with Gasteiger partial charge in [-0.2, -0.15) is 0 Å². The molecule has 0 radical (unpaired) electrons. The Balaban J connectivity index is 2.31. The van der Waals surface area contributed by atoms with Crippen LogP contribution < -0.4 is 5.32 Å². The van der Waals surface area contributed by atoms with Crippen LogP contribution in [0.5, 0.6) is 0 Å². The summed E-state index contributed by atoms with van der Waals surface area (Å²) in [4.78, 5) is 6.82. The Morgan fingerprint density at radius 2 is 2.13 bits per heavy atom. The fourth-order valence-electron chi connectivity index (χ4n) is 2.78. The Bertz CT molecular complexity index is 721. The van der Waals surface area contributed by atoms with Crippen LogP contribution in [0.4, 0.5) is 5.82 Å². The molecule has 0 atom stereocenters. The summed E-state index contributed by atoms with van der Waals surface area (Å²) in [6, 6.07) is 2.07. The predicted molar refractivity (Wildman–Crippen MR) is 101 cm³/mol. The minimum atomic E-state index is 0.851. The summed E-state index contributed by atoms with van der Waals surface area (Å²) in [5.41, 5.74) is 6.47. The van der Waals surface area contributed by atoms with Crippen LogP contribution in [0, 0.1) is 6.92 Å². The molecule has 0 saturated carbocycles. The van der Waals surface area contributed by atoms with Gasteiger partial charge in [0.2, 0.25) is 0 Å². The Hall–Kier alpha value is -2.55. The highest BCUT2D eigenvalue weighted by molar-refractivity contribution is 5.79. The van der Waals surface area contributed by atoms with Gasteiger partial charge in [-0.15, -0.1) is 0 Å². The third kappa shape index (κ3) is 3.81. The molecule has 0 spiro atoms. The van der Waals surface area contributed by atoms with Crippen molar-refractivity contribution in [2.75, 3.05) is 11.9 Å². The van der Waals surface area contributed by atoms with Gasteiger partial charge in [0, 0.05) is 35.4 Å². The monoisotopic (exact) mass is 307 g/mol. The Kier molecular flexibility index (Phi) is 5.22. The molecule has 3 heteroatoms. The highest BCUT2D eigenvalue weighted by Gasteiger charge is 2.18. The van der Waals surface area contributed by atoms with Gasteiger partial charge in [-0.25, -0.2) is 4.98 Å². The predicted octanol–water partition coefficient (Wildman–Crippen LogP) is 5.11. The van der Waals surface area contributed by atoms with E-state index in [4.69, 9.17) is 0 Å². The van der Waals surface area contributed by atoms with Crippen LogP contribution in [-0.4, -0.2) is 16.4 Å². The lowest BCUT2D eigenvalue weighted by Gasteiger charge is -2.27. The molecule has 1 aliphatic rings. The van der Waals surface area contributed by atoms with E-state index in [1.165, 1.54) is 0 Å². The quantitative estimate of drug-likeness (QED) is 0.766. The smallest absolute Gasteiger partial charge is 0.130 e. The minimum absolute atomic E-state index is 0.851. The number of hydrogen-bond acceptors (Lipinski definition) is 3. The number of rotatable bonds is 5. The number of nitrogens with zero attached hydrogens (tertiary/aromatic N) is 2. The molecule has 0 aliphatic carbocycles. The molecule has 2 heterocycles. The lowest BCUT2D eigenvalue weighted by atomic mass is 10.00. The van der Waals surface area contributed by atoms with E-state index >= 15 is 0 Å². The van der Waals surface area contributed by atoms with Gasteiger partial charge < -0.3 is 10.2 Å². The summed E-state index contributed by atoms with van der Waals surface area (Å²) in [7, 11) is 0. The molecule has 0 fully saturated rings. The second kappa shape index (κ2) is 7.14. The lowest BCUT2D eigenvalue weighted by Crippen LogP contribution is -2.19. The summed E-state index contributed by atoms with van der Waals surface area (Å²) in [6.45, 7) is 17.1. The third-order valence-electron chi connectivity index (χ3n) is 3.79. The molecule has 1 N–H and O–H groups in total. The Morgan fingerprint density at radius 3 is 2.78 bits per heavy atom. The van der Waals surface area contributed by atoms with Crippen LogP contribution in [0.1, 0.15) is 37.6 Å². The summed E-state index contributed by atoms with van der Waals surface area (Å²) in [5.74, 6) is 0.851. The van der Waals surface area contributed by atoms with Crippen molar-refractivity contribution in [1.29, 1.82) is 0 Å². The maximum absolute atomic E-state index is 4.69. The number of fused-ring (bicyclic) bond motifs is 1. The zero-order valence-electron chi connectivity index (χ0n) is 14.5. The fourth-order valence-corrected chi connectivity index (χ4v) is 2.78. The van der Waals surface area contributed by atoms with E-state index in [0.717, 1.165) is 46.2 Å². The van der Waals surface area contributed by atoms with Gasteiger partial charge in [0.05, 0.1) is 0 Å². The summed E-state index contributed by atoms with van der Waals surface area (Å²) >= 11 is 0. The van der Waals surface area contributed by atoms with Gasteiger partial charge in [0.1, 0.15) is 5.82 Å². The average molecular weight is 307 g/mol. The van der Waals surface area contributed by atoms with Crippen LogP contribution in [-0.2, 0) is 0 Å². The molecule has 0 amide bonds. The van der Waals surface area contributed by atoms with Crippen molar-refractivity contribution < 1.29 is 0 Å². The molecule has 1 aromatic heterocycles. The third-order valence-corrected chi connectivity index (χ3v) is 3.79. The van der Waals surface area contributed by atoms with Crippen molar-refractivity contribution in [1.82, 2.24) is 9.88 Å². The van der Waals surface area contributed by atoms with Crippen LogP contribution in [0.25, 0.3) is 11.8 Å². The highest BCUT2D eigenvalue weighted by Crippen LogP contribution is 2.31. The van der Waals surface area contributed by atoms with Gasteiger partial charge >= 0.3 is 0 Å². The number of aromatic nitrogens is 1. The van der Waals surface area contributed by atoms with Crippen LogP contribution in [0.15, 0.2) is 54.9 Å². The normalized spacial score (nSPS) is 14.8. The molecule has 1 aromatic rings. The van der Waals surface area contributed by atoms with E-state index in [1.54, 1.807) is 6.08 Å². The van der Waals surface area contributed by atoms with Gasteiger partial charge in [0.25, 0.3) is 0 Å². The van der Waals surface area contributed by atoms with Crippen molar-refractivity contribution in [3.8, 4) is 0 Å². The maximum Gasteiger partial charge on any atom is 0.130 e. The van der Waals surface area contributed by atoms with E-state index in [1.807, 2.05) is 26.8 Å². The topological polar surface area (TPSA) is 28.2 Å². The number of anilines is 1. The maximum atomic E-state index is 4.69. The standard InChI is InChI=1S/C20H25N3/c1-7-9-14(3)12-15(4)21-19-13-18-10-11-23(8-2)17(6)20(18)16(5)22-19/h7,9-13H,1,6,8H2,2-5H3,(H,21,22)/b14-9-,15-12+. The molecule has 0 bridgehead atoms. The van der Waals surface area contributed by atoms with Crippen LogP contribution in [0.2, 0.25) is 0 Å². The van der Waals surface area contributed by atoms with Crippen LogP contribution >= 0.6 is 0 Å². The number of allylic oxidation sites excluding steroid dienone is 5. The summed E-state index contributed by atoms with van der Waals surface area (Å²) in [5, 5.41) is 3.36. The van der Waals surface area contributed by atoms with Gasteiger partial charge in [-0.1, -0.05) is 25.3 Å². The zero-order chi connectivity index (χ0) is 17.0. The SMILES string of the molecule is C=C/C=C(C)\C=C(/C)Nc1cc2c(c(C)n1)C(=C)N(CC)C=C2. The molecular weight excluding hydrogens is 282 g/mol. The summed E-state index contributed by atoms with van der Waals surface area (Å²) in [6.07, 6.45) is 10.0. The molecule has 1 aliphatic heterocycles. The molecule has 0 saturated heterocycles. The molecule has 0 unspecified atom stereocenters. The first-order valence-electron chi connectivity index (χ1n) is 7.86. The van der Waals surface area contributed by atoms with E-state index in [-0.39, 0.29) is 0 Å². The second-order valence-electron chi connectivity index (χ2n) is 5.70. The first-order valence-corrected chi connectivity index (χ1v) is 7.86. The molecular formula is C20H25N3. The number of nitrogens with one attached hydrogen (secondary N) is 1. The van der Waals surface area contributed by atoms with E-state index in [0.29, 0.717) is 0 Å². The fraction of sp³-hybridized carbons (Fsp3) is 0.250. The Morgan fingerprint density at radius 1 is 1.39 bits per heavy atom. The van der Waals surface area contributed by atoms with Crippen LogP contribution in [0.3, 0.4) is 0 Å². The van der Waals surface area contributed by atoms with Gasteiger partial charge in [-0.3, -0.25) is 0 Å². The van der Waals surface area contributed by atoms with E-state index < -0.39 is 0 Å².